The van der Waals surface area contributed by atoms with Crippen molar-refractivity contribution in [3.05, 3.63) is 37.1 Å². The highest BCUT2D eigenvalue weighted by atomic mass is 14.9. The van der Waals surface area contributed by atoms with Crippen molar-refractivity contribution in [1.29, 1.82) is 0 Å². The van der Waals surface area contributed by atoms with Crippen molar-refractivity contribution < 1.29 is 0 Å². The van der Waals surface area contributed by atoms with Crippen LogP contribution in [0.3, 0.4) is 0 Å². The fraction of sp³-hybridized carbons (Fsp3) is 0. The molecule has 5 heteroatoms. The Morgan fingerprint density at radius 1 is 0.882 bits per heavy atom. The highest BCUT2D eigenvalue weighted by molar-refractivity contribution is 6.05. The number of hydrogen-bond donors (Lipinski definition) is 1. The summed E-state index contributed by atoms with van der Waals surface area (Å²) in [5.41, 5.74) is 4.61. The highest BCUT2D eigenvalue weighted by Crippen LogP contribution is 2.23. The minimum Gasteiger partial charge on any atom is -0.352 e. The SMILES string of the molecule is c1ncc2[nH]c3ccc4ncnc4c3cc2n1. The van der Waals surface area contributed by atoms with Crippen LogP contribution in [0, 0.1) is 0 Å². The zero-order chi connectivity index (χ0) is 11.2. The quantitative estimate of drug-likeness (QED) is 0.461. The van der Waals surface area contributed by atoms with Gasteiger partial charge in [-0.25, -0.2) is 19.9 Å². The van der Waals surface area contributed by atoms with Crippen LogP contribution in [0.25, 0.3) is 33.0 Å². The summed E-state index contributed by atoms with van der Waals surface area (Å²) in [5, 5.41) is 1.03. The summed E-state index contributed by atoms with van der Waals surface area (Å²) in [5.74, 6) is 0. The van der Waals surface area contributed by atoms with Gasteiger partial charge < -0.3 is 4.98 Å². The molecular weight excluding hydrogens is 214 g/mol. The lowest BCUT2D eigenvalue weighted by atomic mass is 10.1. The van der Waals surface area contributed by atoms with Crippen LogP contribution in [0.4, 0.5) is 0 Å². The molecule has 0 fully saturated rings. The number of aromatic nitrogens is 5. The third kappa shape index (κ3) is 1.13. The van der Waals surface area contributed by atoms with Crippen LogP contribution in [0.1, 0.15) is 0 Å². The van der Waals surface area contributed by atoms with Gasteiger partial charge in [0.15, 0.2) is 0 Å². The first-order valence-corrected chi connectivity index (χ1v) is 5.24. The zero-order valence-corrected chi connectivity index (χ0v) is 8.75. The lowest BCUT2D eigenvalue weighted by molar-refractivity contribution is 1.21. The summed E-state index contributed by atoms with van der Waals surface area (Å²) in [7, 11) is 0. The summed E-state index contributed by atoms with van der Waals surface area (Å²) in [6.45, 7) is 0. The Morgan fingerprint density at radius 2 is 1.82 bits per heavy atom. The summed E-state index contributed by atoms with van der Waals surface area (Å²) in [4.78, 5) is 20.0. The summed E-state index contributed by atoms with van der Waals surface area (Å²) in [6, 6.07) is 5.97. The van der Waals surface area contributed by atoms with E-state index in [1.807, 2.05) is 18.2 Å². The van der Waals surface area contributed by atoms with E-state index in [1.165, 1.54) is 0 Å². The molecule has 4 rings (SSSR count). The van der Waals surface area contributed by atoms with Crippen molar-refractivity contribution in [3.8, 4) is 0 Å². The molecule has 0 radical (unpaired) electrons. The number of fused-ring (bicyclic) bond motifs is 4. The van der Waals surface area contributed by atoms with Gasteiger partial charge in [-0.2, -0.15) is 0 Å². The number of hydrogen-bond acceptors (Lipinski definition) is 4. The van der Waals surface area contributed by atoms with Crippen molar-refractivity contribution in [2.45, 2.75) is 0 Å². The van der Waals surface area contributed by atoms with Crippen LogP contribution in [-0.4, -0.2) is 24.9 Å². The van der Waals surface area contributed by atoms with Crippen molar-refractivity contribution >= 4 is 33.0 Å². The molecule has 0 atom stereocenters. The molecule has 3 heterocycles. The third-order valence-electron chi connectivity index (χ3n) is 2.87. The lowest BCUT2D eigenvalue weighted by Crippen LogP contribution is -1.87. The normalized spacial score (nSPS) is 11.5. The Bertz CT molecular complexity index is 849. The van der Waals surface area contributed by atoms with Crippen LogP contribution < -0.4 is 0 Å². The molecule has 0 saturated heterocycles. The van der Waals surface area contributed by atoms with Crippen LogP contribution in [-0.2, 0) is 0 Å². The number of pyridine rings is 1. The fourth-order valence-corrected chi connectivity index (χ4v) is 2.07. The van der Waals surface area contributed by atoms with Crippen molar-refractivity contribution in [3.63, 3.8) is 0 Å². The number of nitrogens with zero attached hydrogens (tertiary/aromatic N) is 4. The molecule has 0 unspecified atom stereocenters. The molecule has 0 spiro atoms. The van der Waals surface area contributed by atoms with Crippen LogP contribution in [0.15, 0.2) is 37.1 Å². The van der Waals surface area contributed by atoms with E-state index >= 15 is 0 Å². The second-order valence-corrected chi connectivity index (χ2v) is 3.86. The molecule has 4 aromatic rings. The van der Waals surface area contributed by atoms with Gasteiger partial charge in [0.05, 0.1) is 28.3 Å². The van der Waals surface area contributed by atoms with Crippen molar-refractivity contribution in [2.75, 3.05) is 0 Å². The van der Waals surface area contributed by atoms with E-state index in [1.54, 1.807) is 18.9 Å². The molecule has 1 aromatic carbocycles. The molecule has 5 nitrogen and oxygen atoms in total. The Balaban J connectivity index is 2.29. The van der Waals surface area contributed by atoms with Crippen LogP contribution >= 0.6 is 0 Å². The Hall–Kier alpha value is -2.56. The summed E-state index contributed by atoms with van der Waals surface area (Å²) < 4.78 is 0. The second kappa shape index (κ2) is 2.98. The number of aromatic amines is 1. The predicted octanol–water partition coefficient (Wildman–Crippen LogP) is 2.05. The molecule has 0 aliphatic carbocycles. The van der Waals surface area contributed by atoms with Crippen molar-refractivity contribution in [1.82, 2.24) is 24.9 Å². The minimum absolute atomic E-state index is 0.878. The van der Waals surface area contributed by atoms with Crippen LogP contribution in [0.5, 0.6) is 0 Å². The number of benzene rings is 1. The van der Waals surface area contributed by atoms with E-state index in [0.717, 1.165) is 33.0 Å². The van der Waals surface area contributed by atoms with Gasteiger partial charge in [-0.1, -0.05) is 0 Å². The Morgan fingerprint density at radius 3 is 2.82 bits per heavy atom. The predicted molar refractivity (Wildman–Crippen MR) is 64.5 cm³/mol. The lowest BCUT2D eigenvalue weighted by Gasteiger charge is -2.02. The highest BCUT2D eigenvalue weighted by Gasteiger charge is 2.05. The molecule has 80 valence electrons. The first kappa shape index (κ1) is 8.58. The zero-order valence-electron chi connectivity index (χ0n) is 8.75. The Labute approximate surface area is 95.6 Å². The molecule has 1 N–H and O–H groups in total. The third-order valence-corrected chi connectivity index (χ3v) is 2.87. The average Bonchev–Trinajstić information content (AvgIpc) is 2.85. The monoisotopic (exact) mass is 221 g/mol. The number of nitrogens with one attached hydrogen (secondary N) is 1. The van der Waals surface area contributed by atoms with Gasteiger partial charge in [0.2, 0.25) is 0 Å². The van der Waals surface area contributed by atoms with Crippen LogP contribution in [0.2, 0.25) is 0 Å². The van der Waals surface area contributed by atoms with Gasteiger partial charge in [0.1, 0.15) is 12.7 Å². The van der Waals surface area contributed by atoms with E-state index in [-0.39, 0.29) is 0 Å². The van der Waals surface area contributed by atoms with Gasteiger partial charge in [-0.3, -0.25) is 0 Å². The van der Waals surface area contributed by atoms with Gasteiger partial charge in [0.25, 0.3) is 0 Å². The number of H-pyrrole nitrogens is 1. The standard InChI is InChI=1S/C12H7N5/c1-2-9-12(16-6-15-9)7-3-10-11(17-8(1)7)4-13-5-14-10/h1-6,17H. The van der Waals surface area contributed by atoms with Gasteiger partial charge in [0, 0.05) is 10.9 Å². The molecule has 3 aromatic heterocycles. The summed E-state index contributed by atoms with van der Waals surface area (Å²) >= 11 is 0. The second-order valence-electron chi connectivity index (χ2n) is 3.86. The number of imidazole rings is 1. The first-order chi connectivity index (χ1) is 8.42. The van der Waals surface area contributed by atoms with E-state index in [0.29, 0.717) is 0 Å². The van der Waals surface area contributed by atoms with E-state index in [9.17, 15) is 0 Å². The van der Waals surface area contributed by atoms with Crippen molar-refractivity contribution in [2.24, 2.45) is 0 Å². The molecule has 0 aliphatic heterocycles. The van der Waals surface area contributed by atoms with E-state index < -0.39 is 0 Å². The minimum atomic E-state index is 0.878. The largest absolute Gasteiger partial charge is 0.352 e. The molecular formula is C12H7N5. The average molecular weight is 221 g/mol. The number of rotatable bonds is 0. The maximum atomic E-state index is 4.28. The van der Waals surface area contributed by atoms with E-state index in [2.05, 4.69) is 24.9 Å². The molecule has 0 aliphatic rings. The smallest absolute Gasteiger partial charge is 0.116 e. The molecule has 0 bridgehead atoms. The topological polar surface area (TPSA) is 67.3 Å². The molecule has 17 heavy (non-hydrogen) atoms. The fourth-order valence-electron chi connectivity index (χ4n) is 2.07. The maximum absolute atomic E-state index is 4.28. The Kier molecular flexibility index (Phi) is 1.50. The van der Waals surface area contributed by atoms with Gasteiger partial charge in [-0.05, 0) is 18.2 Å². The molecule has 0 saturated carbocycles. The van der Waals surface area contributed by atoms with Gasteiger partial charge in [-0.15, -0.1) is 0 Å². The first-order valence-electron chi connectivity index (χ1n) is 5.24. The summed E-state index contributed by atoms with van der Waals surface area (Å²) in [6.07, 6.45) is 4.88. The molecule has 0 amide bonds. The van der Waals surface area contributed by atoms with Gasteiger partial charge >= 0.3 is 0 Å². The van der Waals surface area contributed by atoms with E-state index in [4.69, 9.17) is 0 Å². The maximum Gasteiger partial charge on any atom is 0.116 e.